The van der Waals surface area contributed by atoms with Crippen LogP contribution in [0.5, 0.6) is 0 Å². The molecule has 0 bridgehead atoms. The van der Waals surface area contributed by atoms with Gasteiger partial charge < -0.3 is 4.42 Å². The van der Waals surface area contributed by atoms with Crippen molar-refractivity contribution in [3.8, 4) is 0 Å². The van der Waals surface area contributed by atoms with Crippen LogP contribution in [0.2, 0.25) is 0 Å². The molecule has 7 nitrogen and oxygen atoms in total. The van der Waals surface area contributed by atoms with Crippen LogP contribution >= 0.6 is 11.3 Å². The molecule has 4 aromatic rings. The number of aromatic nitrogens is 3. The number of carbonyl (C=O) groups is 1. The largest absolute Gasteiger partial charge is 0.420 e. The maximum atomic E-state index is 12.3. The van der Waals surface area contributed by atoms with Gasteiger partial charge >= 0.3 is 5.76 Å². The summed E-state index contributed by atoms with van der Waals surface area (Å²) < 4.78 is 6.41. The van der Waals surface area contributed by atoms with Crippen LogP contribution in [0, 0.1) is 0 Å². The van der Waals surface area contributed by atoms with E-state index < -0.39 is 5.76 Å². The third-order valence-corrected chi connectivity index (χ3v) is 4.63. The molecule has 0 radical (unpaired) electrons. The molecule has 1 amide bonds. The molecule has 0 saturated heterocycles. The van der Waals surface area contributed by atoms with Crippen LogP contribution in [-0.4, -0.2) is 20.7 Å². The zero-order chi connectivity index (χ0) is 17.9. The minimum Gasteiger partial charge on any atom is -0.408 e. The first-order chi connectivity index (χ1) is 12.7. The molecule has 0 spiro atoms. The third kappa shape index (κ3) is 3.40. The first kappa shape index (κ1) is 16.2. The van der Waals surface area contributed by atoms with Gasteiger partial charge in [0.1, 0.15) is 11.6 Å². The SMILES string of the molecule is O=C(Cn1c(=O)oc2ccccc21)Nc1nnc(Cc2ccccc2)s1. The van der Waals surface area contributed by atoms with Crippen molar-refractivity contribution in [3.63, 3.8) is 0 Å². The predicted octanol–water partition coefficient (Wildman–Crippen LogP) is 2.68. The number of para-hydroxylation sites is 2. The Hall–Kier alpha value is -3.26. The van der Waals surface area contributed by atoms with E-state index in [1.165, 1.54) is 15.9 Å². The number of benzene rings is 2. The molecule has 0 atom stereocenters. The molecule has 0 fully saturated rings. The van der Waals surface area contributed by atoms with Crippen molar-refractivity contribution in [2.24, 2.45) is 0 Å². The van der Waals surface area contributed by atoms with E-state index in [1.807, 2.05) is 30.3 Å². The van der Waals surface area contributed by atoms with E-state index in [2.05, 4.69) is 15.5 Å². The van der Waals surface area contributed by atoms with Crippen LogP contribution in [0.25, 0.3) is 11.1 Å². The molecule has 2 heterocycles. The van der Waals surface area contributed by atoms with Crippen molar-refractivity contribution >= 4 is 33.5 Å². The lowest BCUT2D eigenvalue weighted by Crippen LogP contribution is -2.24. The van der Waals surface area contributed by atoms with Gasteiger partial charge in [-0.1, -0.05) is 53.8 Å². The number of hydrogen-bond acceptors (Lipinski definition) is 6. The molecule has 130 valence electrons. The zero-order valence-electron chi connectivity index (χ0n) is 13.6. The maximum Gasteiger partial charge on any atom is 0.420 e. The van der Waals surface area contributed by atoms with E-state index >= 15 is 0 Å². The van der Waals surface area contributed by atoms with Gasteiger partial charge in [0.05, 0.1) is 5.52 Å². The van der Waals surface area contributed by atoms with Gasteiger partial charge in [0, 0.05) is 6.42 Å². The first-order valence-electron chi connectivity index (χ1n) is 7.93. The summed E-state index contributed by atoms with van der Waals surface area (Å²) in [5.74, 6) is -0.926. The van der Waals surface area contributed by atoms with E-state index in [0.29, 0.717) is 22.7 Å². The van der Waals surface area contributed by atoms with Gasteiger partial charge in [0.2, 0.25) is 11.0 Å². The minimum atomic E-state index is -0.566. The van der Waals surface area contributed by atoms with Gasteiger partial charge in [-0.2, -0.15) is 0 Å². The molecular weight excluding hydrogens is 352 g/mol. The van der Waals surface area contributed by atoms with E-state index in [4.69, 9.17) is 4.42 Å². The number of hydrogen-bond donors (Lipinski definition) is 1. The summed E-state index contributed by atoms with van der Waals surface area (Å²) in [5.41, 5.74) is 2.15. The van der Waals surface area contributed by atoms with Crippen LogP contribution in [0.15, 0.2) is 63.8 Å². The quantitative estimate of drug-likeness (QED) is 0.586. The van der Waals surface area contributed by atoms with E-state index in [-0.39, 0.29) is 12.5 Å². The number of fused-ring (bicyclic) bond motifs is 1. The van der Waals surface area contributed by atoms with Crippen molar-refractivity contribution in [2.45, 2.75) is 13.0 Å². The molecule has 0 saturated carbocycles. The number of nitrogens with zero attached hydrogens (tertiary/aromatic N) is 3. The Morgan fingerprint density at radius 2 is 1.85 bits per heavy atom. The fourth-order valence-electron chi connectivity index (χ4n) is 2.61. The second-order valence-corrected chi connectivity index (χ2v) is 6.70. The highest BCUT2D eigenvalue weighted by molar-refractivity contribution is 7.15. The summed E-state index contributed by atoms with van der Waals surface area (Å²) in [7, 11) is 0. The highest BCUT2D eigenvalue weighted by atomic mass is 32.1. The molecule has 8 heteroatoms. The molecule has 1 N–H and O–H groups in total. The topological polar surface area (TPSA) is 90.0 Å². The first-order valence-corrected chi connectivity index (χ1v) is 8.75. The molecule has 0 aliphatic heterocycles. The molecule has 26 heavy (non-hydrogen) atoms. The minimum absolute atomic E-state index is 0.149. The number of amides is 1. The van der Waals surface area contributed by atoms with Crippen LogP contribution in [-0.2, 0) is 17.8 Å². The van der Waals surface area contributed by atoms with Crippen LogP contribution in [0.3, 0.4) is 0 Å². The number of nitrogens with one attached hydrogen (secondary N) is 1. The maximum absolute atomic E-state index is 12.3. The lowest BCUT2D eigenvalue weighted by atomic mass is 10.2. The molecule has 2 aromatic heterocycles. The third-order valence-electron chi connectivity index (χ3n) is 3.79. The Labute approximate surface area is 151 Å². The van der Waals surface area contributed by atoms with Gasteiger partial charge in [0.15, 0.2) is 5.58 Å². The molecule has 4 rings (SSSR count). The Morgan fingerprint density at radius 3 is 2.69 bits per heavy atom. The summed E-state index contributed by atoms with van der Waals surface area (Å²) >= 11 is 1.31. The molecule has 0 aliphatic carbocycles. The summed E-state index contributed by atoms with van der Waals surface area (Å²) in [4.78, 5) is 24.2. The normalized spacial score (nSPS) is 10.9. The average molecular weight is 366 g/mol. The smallest absolute Gasteiger partial charge is 0.408 e. The van der Waals surface area contributed by atoms with Crippen molar-refractivity contribution < 1.29 is 9.21 Å². The van der Waals surface area contributed by atoms with E-state index in [0.717, 1.165) is 10.6 Å². The van der Waals surface area contributed by atoms with E-state index in [1.54, 1.807) is 24.3 Å². The molecule has 2 aromatic carbocycles. The van der Waals surface area contributed by atoms with Crippen LogP contribution in [0.4, 0.5) is 5.13 Å². The highest BCUT2D eigenvalue weighted by Crippen LogP contribution is 2.19. The van der Waals surface area contributed by atoms with E-state index in [9.17, 15) is 9.59 Å². The zero-order valence-corrected chi connectivity index (χ0v) is 14.4. The summed E-state index contributed by atoms with van der Waals surface area (Å²) in [6, 6.07) is 16.9. The Morgan fingerprint density at radius 1 is 1.08 bits per heavy atom. The Balaban J connectivity index is 1.45. The second kappa shape index (κ2) is 6.93. The Bertz CT molecular complexity index is 1110. The van der Waals surface area contributed by atoms with Gasteiger partial charge in [-0.3, -0.25) is 14.7 Å². The molecular formula is C18H14N4O3S. The lowest BCUT2D eigenvalue weighted by molar-refractivity contribution is -0.116. The number of oxazole rings is 1. The van der Waals surface area contributed by atoms with Gasteiger partial charge in [-0.25, -0.2) is 4.79 Å². The van der Waals surface area contributed by atoms with Crippen LogP contribution < -0.4 is 11.1 Å². The number of rotatable bonds is 5. The van der Waals surface area contributed by atoms with Gasteiger partial charge in [-0.15, -0.1) is 10.2 Å². The lowest BCUT2D eigenvalue weighted by Gasteiger charge is -2.02. The van der Waals surface area contributed by atoms with Crippen molar-refractivity contribution in [3.05, 3.63) is 75.7 Å². The fourth-order valence-corrected chi connectivity index (χ4v) is 3.40. The van der Waals surface area contributed by atoms with Crippen LogP contribution in [0.1, 0.15) is 10.6 Å². The molecule has 0 unspecified atom stereocenters. The standard InChI is InChI=1S/C18H14N4O3S/c23-15(11-22-13-8-4-5-9-14(13)25-18(22)24)19-17-21-20-16(26-17)10-12-6-2-1-3-7-12/h1-9H,10-11H2,(H,19,21,23). The van der Waals surface area contributed by atoms with Crippen molar-refractivity contribution in [1.29, 1.82) is 0 Å². The molecule has 0 aliphatic rings. The van der Waals surface area contributed by atoms with Gasteiger partial charge in [0.25, 0.3) is 0 Å². The monoisotopic (exact) mass is 366 g/mol. The average Bonchev–Trinajstić information content (AvgIpc) is 3.20. The summed E-state index contributed by atoms with van der Waals surface area (Å²) in [6.45, 7) is -0.149. The van der Waals surface area contributed by atoms with Crippen molar-refractivity contribution in [2.75, 3.05) is 5.32 Å². The van der Waals surface area contributed by atoms with Gasteiger partial charge in [-0.05, 0) is 17.7 Å². The predicted molar refractivity (Wildman–Crippen MR) is 98.3 cm³/mol. The van der Waals surface area contributed by atoms with Crippen molar-refractivity contribution in [1.82, 2.24) is 14.8 Å². The fraction of sp³-hybridized carbons (Fsp3) is 0.111. The number of carbonyl (C=O) groups excluding carboxylic acids is 1. The number of anilines is 1. The summed E-state index contributed by atoms with van der Waals surface area (Å²) in [5, 5.41) is 12.0. The summed E-state index contributed by atoms with van der Waals surface area (Å²) in [6.07, 6.45) is 0.653. The highest BCUT2D eigenvalue weighted by Gasteiger charge is 2.14. The second-order valence-electron chi connectivity index (χ2n) is 5.63. The Kier molecular flexibility index (Phi) is 4.32.